The molecule has 0 heterocycles. The summed E-state index contributed by atoms with van der Waals surface area (Å²) < 4.78 is 72.8. The fourth-order valence-corrected chi connectivity index (χ4v) is 6.86. The molecule has 0 radical (unpaired) electrons. The molecule has 3 aromatic rings. The number of unbranched alkanes of at least 4 members (excludes halogenated alkanes) is 13. The lowest BCUT2D eigenvalue weighted by atomic mass is 10.0. The standard InChI is InChI=1S/C34H45F2N2O9PS/c1-2-3-4-5-6-7-8-9-10-11-12-13-14-15-22-47-32-21-20-30(25-31(32)38(40)41)49(45,46)37-33(39)28-17-16-27-24-29(19-18-26(27)23-28)34(35,36)48(42,43)44/h16-21,23-25H,2-15,22H2,1H3,(H,37,39)(H2,42,43,44). The molecule has 0 bridgehead atoms. The van der Waals surface area contributed by atoms with Gasteiger partial charge in [-0.25, -0.2) is 13.1 Å². The molecule has 0 aliphatic carbocycles. The van der Waals surface area contributed by atoms with E-state index < -0.39 is 50.3 Å². The van der Waals surface area contributed by atoms with Gasteiger partial charge < -0.3 is 14.5 Å². The molecule has 0 atom stereocenters. The zero-order chi connectivity index (χ0) is 36.1. The number of carbonyl (C=O) groups excluding carboxylic acids is 1. The van der Waals surface area contributed by atoms with E-state index in [0.29, 0.717) is 6.42 Å². The minimum atomic E-state index is -5.79. The molecule has 0 aliphatic heterocycles. The Morgan fingerprint density at radius 1 is 0.837 bits per heavy atom. The maximum Gasteiger partial charge on any atom is 0.399 e. The summed E-state index contributed by atoms with van der Waals surface area (Å²) in [6.45, 7) is 2.45. The molecule has 0 saturated heterocycles. The summed E-state index contributed by atoms with van der Waals surface area (Å²) >= 11 is 0. The molecular weight excluding hydrogens is 681 g/mol. The highest BCUT2D eigenvalue weighted by Crippen LogP contribution is 2.59. The number of hydrogen-bond acceptors (Lipinski definition) is 7. The molecular formula is C34H45F2N2O9PS. The zero-order valence-corrected chi connectivity index (χ0v) is 29.3. The lowest BCUT2D eigenvalue weighted by Crippen LogP contribution is -2.30. The van der Waals surface area contributed by atoms with E-state index in [1.807, 2.05) is 4.72 Å². The molecule has 0 unspecified atom stereocenters. The summed E-state index contributed by atoms with van der Waals surface area (Å²) in [6, 6.07) is 9.38. The molecule has 0 aliphatic rings. The summed E-state index contributed by atoms with van der Waals surface area (Å²) in [5.74, 6) is -1.18. The maximum absolute atomic E-state index is 14.1. The third kappa shape index (κ3) is 11.8. The number of carbonyl (C=O) groups is 1. The van der Waals surface area contributed by atoms with Crippen molar-refractivity contribution < 1.29 is 46.0 Å². The van der Waals surface area contributed by atoms with Crippen molar-refractivity contribution in [2.45, 2.75) is 107 Å². The van der Waals surface area contributed by atoms with Gasteiger partial charge in [-0.1, -0.05) is 109 Å². The second-order valence-electron chi connectivity index (χ2n) is 12.1. The maximum atomic E-state index is 14.1. The van der Waals surface area contributed by atoms with Crippen molar-refractivity contribution in [2.75, 3.05) is 6.61 Å². The number of sulfonamides is 1. The van der Waals surface area contributed by atoms with Gasteiger partial charge in [-0.2, -0.15) is 8.78 Å². The van der Waals surface area contributed by atoms with Crippen LogP contribution in [0.1, 0.15) is 113 Å². The van der Waals surface area contributed by atoms with Gasteiger partial charge in [0.15, 0.2) is 5.75 Å². The summed E-state index contributed by atoms with van der Waals surface area (Å²) in [6.07, 6.45) is 16.6. The molecule has 0 spiro atoms. The molecule has 0 aromatic heterocycles. The van der Waals surface area contributed by atoms with Gasteiger partial charge >= 0.3 is 18.9 Å². The fraction of sp³-hybridized carbons (Fsp3) is 0.500. The van der Waals surface area contributed by atoms with Gasteiger partial charge in [-0.05, 0) is 47.5 Å². The Kier molecular flexibility index (Phi) is 15.1. The van der Waals surface area contributed by atoms with Crippen LogP contribution in [-0.2, 0) is 20.3 Å². The van der Waals surface area contributed by atoms with Crippen molar-refractivity contribution in [3.8, 4) is 5.75 Å². The topological polar surface area (TPSA) is 173 Å². The number of ether oxygens (including phenoxy) is 1. The Balaban J connectivity index is 1.50. The molecule has 270 valence electrons. The largest absolute Gasteiger partial charge is 0.487 e. The molecule has 49 heavy (non-hydrogen) atoms. The van der Waals surface area contributed by atoms with Gasteiger partial charge in [0.05, 0.1) is 16.4 Å². The van der Waals surface area contributed by atoms with E-state index in [1.165, 1.54) is 82.4 Å². The number of rotatable bonds is 22. The molecule has 11 nitrogen and oxygen atoms in total. The summed E-state index contributed by atoms with van der Waals surface area (Å²) in [7, 11) is -10.4. The number of nitrogens with zero attached hydrogens (tertiary/aromatic N) is 1. The first-order valence-corrected chi connectivity index (χ1v) is 19.7. The van der Waals surface area contributed by atoms with Crippen molar-refractivity contribution in [3.05, 3.63) is 75.8 Å². The van der Waals surface area contributed by atoms with Gasteiger partial charge in [-0.15, -0.1) is 0 Å². The molecule has 1 amide bonds. The second-order valence-corrected chi connectivity index (χ2v) is 15.5. The number of nitro benzene ring substituents is 1. The van der Waals surface area contributed by atoms with Gasteiger partial charge in [0.2, 0.25) is 0 Å². The van der Waals surface area contributed by atoms with Crippen LogP contribution in [0, 0.1) is 10.1 Å². The van der Waals surface area contributed by atoms with Crippen LogP contribution in [0.3, 0.4) is 0 Å². The molecule has 3 aromatic carbocycles. The number of hydrogen-bond donors (Lipinski definition) is 3. The second kappa shape index (κ2) is 18.5. The summed E-state index contributed by atoms with van der Waals surface area (Å²) in [4.78, 5) is 41.2. The third-order valence-corrected chi connectivity index (χ3v) is 10.6. The van der Waals surface area contributed by atoms with Crippen molar-refractivity contribution in [1.82, 2.24) is 4.72 Å². The molecule has 15 heteroatoms. The monoisotopic (exact) mass is 726 g/mol. The van der Waals surface area contributed by atoms with Gasteiger partial charge in [-0.3, -0.25) is 19.5 Å². The van der Waals surface area contributed by atoms with Crippen LogP contribution >= 0.6 is 7.60 Å². The SMILES string of the molecule is CCCCCCCCCCCCCCCCOc1ccc(S(=O)(=O)NC(=O)c2ccc3cc(C(F)(F)P(=O)(O)O)ccc3c2)cc1[N+](=O)[O-]. The molecule has 0 fully saturated rings. The van der Waals surface area contributed by atoms with E-state index in [1.54, 1.807) is 0 Å². The Morgan fingerprint density at radius 3 is 1.92 bits per heavy atom. The van der Waals surface area contributed by atoms with Crippen LogP contribution in [0.15, 0.2) is 59.5 Å². The highest BCUT2D eigenvalue weighted by molar-refractivity contribution is 7.90. The van der Waals surface area contributed by atoms with Crippen molar-refractivity contribution in [2.24, 2.45) is 0 Å². The number of halogens is 2. The van der Waals surface area contributed by atoms with Crippen LogP contribution in [0.5, 0.6) is 5.75 Å². The smallest absolute Gasteiger partial charge is 0.399 e. The zero-order valence-electron chi connectivity index (χ0n) is 27.6. The number of amides is 1. The number of fused-ring (bicyclic) bond motifs is 1. The Hall–Kier alpha value is -3.45. The predicted octanol–water partition coefficient (Wildman–Crippen LogP) is 8.95. The predicted molar refractivity (Wildman–Crippen MR) is 183 cm³/mol. The Labute approximate surface area is 285 Å². The van der Waals surface area contributed by atoms with E-state index in [2.05, 4.69) is 6.92 Å². The van der Waals surface area contributed by atoms with E-state index in [9.17, 15) is 36.7 Å². The molecule has 3 N–H and O–H groups in total. The lowest BCUT2D eigenvalue weighted by Gasteiger charge is -2.18. The minimum absolute atomic E-state index is 0.0943. The average molecular weight is 727 g/mol. The van der Waals surface area contributed by atoms with Gasteiger partial charge in [0.1, 0.15) is 0 Å². The van der Waals surface area contributed by atoms with Gasteiger partial charge in [0, 0.05) is 17.2 Å². The van der Waals surface area contributed by atoms with Crippen LogP contribution in [0.4, 0.5) is 14.5 Å². The highest BCUT2D eigenvalue weighted by Gasteiger charge is 2.50. The van der Waals surface area contributed by atoms with E-state index >= 15 is 0 Å². The fourth-order valence-electron chi connectivity index (χ4n) is 5.39. The lowest BCUT2D eigenvalue weighted by molar-refractivity contribution is -0.386. The number of alkyl halides is 2. The van der Waals surface area contributed by atoms with Crippen LogP contribution < -0.4 is 9.46 Å². The van der Waals surface area contributed by atoms with Crippen LogP contribution in [0.25, 0.3) is 10.8 Å². The number of nitro groups is 1. The van der Waals surface area contributed by atoms with E-state index in [0.717, 1.165) is 55.7 Å². The normalized spacial score (nSPS) is 12.3. The first-order valence-electron chi connectivity index (χ1n) is 16.6. The number of benzene rings is 3. The first kappa shape index (κ1) is 40.0. The van der Waals surface area contributed by atoms with Crippen LogP contribution in [-0.4, -0.2) is 35.6 Å². The molecule has 0 saturated carbocycles. The van der Waals surface area contributed by atoms with E-state index in [4.69, 9.17) is 14.5 Å². The minimum Gasteiger partial charge on any atom is -0.487 e. The first-order chi connectivity index (χ1) is 23.2. The Morgan fingerprint density at radius 2 is 1.37 bits per heavy atom. The highest BCUT2D eigenvalue weighted by atomic mass is 32.2. The van der Waals surface area contributed by atoms with Crippen LogP contribution in [0.2, 0.25) is 0 Å². The quantitative estimate of drug-likeness (QED) is 0.0395. The summed E-state index contributed by atoms with van der Waals surface area (Å²) in [5, 5.41) is 12.1. The summed E-state index contributed by atoms with van der Waals surface area (Å²) in [5.41, 5.74) is -6.11. The van der Waals surface area contributed by atoms with E-state index in [-0.39, 0.29) is 28.7 Å². The Bertz CT molecular complexity index is 1730. The third-order valence-electron chi connectivity index (χ3n) is 8.24. The van der Waals surface area contributed by atoms with Crippen molar-refractivity contribution in [3.63, 3.8) is 0 Å². The van der Waals surface area contributed by atoms with Crippen molar-refractivity contribution in [1.29, 1.82) is 0 Å². The number of nitrogens with one attached hydrogen (secondary N) is 1. The molecule has 3 rings (SSSR count). The van der Waals surface area contributed by atoms with Gasteiger partial charge in [0.25, 0.3) is 15.9 Å². The average Bonchev–Trinajstić information content (AvgIpc) is 3.05. The van der Waals surface area contributed by atoms with Crippen molar-refractivity contribution >= 4 is 40.0 Å².